The average Bonchev–Trinajstić information content (AvgIpc) is 2.71. The number of hydrogen-bond acceptors (Lipinski definition) is 3. The van der Waals surface area contributed by atoms with Gasteiger partial charge in [-0.3, -0.25) is 4.79 Å². The zero-order valence-electron chi connectivity index (χ0n) is 15.3. The SMILES string of the molecule is Cc1ccc(-c2c(C(=O)Nc3ccc(F)cc3F)oc(=O)c3ccccc23)cc1. The summed E-state index contributed by atoms with van der Waals surface area (Å²) in [4.78, 5) is 25.3. The minimum Gasteiger partial charge on any atom is -0.416 e. The van der Waals surface area contributed by atoms with Crippen molar-refractivity contribution in [2.24, 2.45) is 0 Å². The van der Waals surface area contributed by atoms with Crippen molar-refractivity contribution in [1.29, 1.82) is 0 Å². The van der Waals surface area contributed by atoms with Crippen molar-refractivity contribution in [2.45, 2.75) is 6.92 Å². The van der Waals surface area contributed by atoms with Gasteiger partial charge in [-0.2, -0.15) is 0 Å². The first-order valence-electron chi connectivity index (χ1n) is 8.83. The Morgan fingerprint density at radius 2 is 1.62 bits per heavy atom. The van der Waals surface area contributed by atoms with Crippen molar-refractivity contribution in [3.05, 3.63) is 100 Å². The van der Waals surface area contributed by atoms with E-state index in [0.717, 1.165) is 17.7 Å². The fourth-order valence-electron chi connectivity index (χ4n) is 3.14. The van der Waals surface area contributed by atoms with Crippen LogP contribution in [0, 0.1) is 18.6 Å². The van der Waals surface area contributed by atoms with Crippen LogP contribution in [0.2, 0.25) is 0 Å². The Hall–Kier alpha value is -3.80. The van der Waals surface area contributed by atoms with E-state index in [2.05, 4.69) is 5.32 Å². The molecule has 3 aromatic carbocycles. The van der Waals surface area contributed by atoms with Crippen LogP contribution in [0.1, 0.15) is 16.1 Å². The second-order valence-corrected chi connectivity index (χ2v) is 6.58. The average molecular weight is 391 g/mol. The van der Waals surface area contributed by atoms with Crippen LogP contribution in [0.4, 0.5) is 14.5 Å². The Kier molecular flexibility index (Phi) is 4.68. The van der Waals surface area contributed by atoms with Crippen molar-refractivity contribution < 1.29 is 18.0 Å². The predicted molar refractivity (Wildman–Crippen MR) is 107 cm³/mol. The summed E-state index contributed by atoms with van der Waals surface area (Å²) in [5, 5.41) is 3.22. The van der Waals surface area contributed by atoms with Crippen molar-refractivity contribution in [3.63, 3.8) is 0 Å². The molecule has 4 aromatic rings. The molecule has 144 valence electrons. The molecule has 0 saturated carbocycles. The van der Waals surface area contributed by atoms with Crippen LogP contribution in [-0.4, -0.2) is 5.91 Å². The lowest BCUT2D eigenvalue weighted by Gasteiger charge is -2.12. The number of hydrogen-bond donors (Lipinski definition) is 1. The van der Waals surface area contributed by atoms with E-state index in [0.29, 0.717) is 28.0 Å². The second-order valence-electron chi connectivity index (χ2n) is 6.58. The molecule has 1 heterocycles. The van der Waals surface area contributed by atoms with Gasteiger partial charge in [-0.25, -0.2) is 13.6 Å². The first-order valence-corrected chi connectivity index (χ1v) is 8.83. The molecule has 0 unspecified atom stereocenters. The highest BCUT2D eigenvalue weighted by Gasteiger charge is 2.22. The van der Waals surface area contributed by atoms with E-state index in [4.69, 9.17) is 4.42 Å². The molecule has 1 N–H and O–H groups in total. The number of amides is 1. The third-order valence-electron chi connectivity index (χ3n) is 4.56. The number of carbonyl (C=O) groups is 1. The molecule has 0 fully saturated rings. The molecule has 29 heavy (non-hydrogen) atoms. The largest absolute Gasteiger partial charge is 0.416 e. The lowest BCUT2D eigenvalue weighted by atomic mass is 9.97. The Morgan fingerprint density at radius 3 is 2.31 bits per heavy atom. The summed E-state index contributed by atoms with van der Waals surface area (Å²) in [6.07, 6.45) is 0. The van der Waals surface area contributed by atoms with E-state index in [9.17, 15) is 18.4 Å². The van der Waals surface area contributed by atoms with Gasteiger partial charge in [-0.1, -0.05) is 48.0 Å². The second kappa shape index (κ2) is 7.31. The van der Waals surface area contributed by atoms with Gasteiger partial charge in [-0.05, 0) is 30.7 Å². The van der Waals surface area contributed by atoms with E-state index in [1.165, 1.54) is 0 Å². The highest BCUT2D eigenvalue weighted by Crippen LogP contribution is 2.31. The fraction of sp³-hybridized carbons (Fsp3) is 0.0435. The molecule has 6 heteroatoms. The molecule has 0 aliphatic carbocycles. The van der Waals surface area contributed by atoms with Crippen molar-refractivity contribution in [2.75, 3.05) is 5.32 Å². The maximum atomic E-state index is 14.0. The van der Waals surface area contributed by atoms with E-state index in [-0.39, 0.29) is 11.4 Å². The number of nitrogens with one attached hydrogen (secondary N) is 1. The standard InChI is InChI=1S/C23H15F2NO3/c1-13-6-8-14(9-7-13)20-16-4-2-3-5-17(16)23(28)29-21(20)22(27)26-19-11-10-15(24)12-18(19)25/h2-12H,1H3,(H,26,27). The summed E-state index contributed by atoms with van der Waals surface area (Å²) in [6, 6.07) is 16.9. The Balaban J connectivity index is 1.91. The maximum Gasteiger partial charge on any atom is 0.344 e. The summed E-state index contributed by atoms with van der Waals surface area (Å²) in [7, 11) is 0. The van der Waals surface area contributed by atoms with Gasteiger partial charge in [0.15, 0.2) is 0 Å². The highest BCUT2D eigenvalue weighted by atomic mass is 19.1. The third-order valence-corrected chi connectivity index (χ3v) is 4.56. The smallest absolute Gasteiger partial charge is 0.344 e. The van der Waals surface area contributed by atoms with Gasteiger partial charge in [-0.15, -0.1) is 0 Å². The monoisotopic (exact) mass is 391 g/mol. The number of carbonyl (C=O) groups excluding carboxylic acids is 1. The van der Waals surface area contributed by atoms with Gasteiger partial charge in [0.2, 0.25) is 5.76 Å². The molecule has 0 aliphatic rings. The number of anilines is 1. The molecule has 0 radical (unpaired) electrons. The topological polar surface area (TPSA) is 59.3 Å². The summed E-state index contributed by atoms with van der Waals surface area (Å²) >= 11 is 0. The molecule has 0 aliphatic heterocycles. The van der Waals surface area contributed by atoms with Crippen molar-refractivity contribution in [1.82, 2.24) is 0 Å². The molecule has 4 rings (SSSR count). The van der Waals surface area contributed by atoms with E-state index < -0.39 is 23.2 Å². The molecule has 0 saturated heterocycles. The normalized spacial score (nSPS) is 10.9. The highest BCUT2D eigenvalue weighted by molar-refractivity contribution is 6.11. The van der Waals surface area contributed by atoms with Gasteiger partial charge in [0, 0.05) is 17.0 Å². The summed E-state index contributed by atoms with van der Waals surface area (Å²) in [5.74, 6) is -2.76. The first-order chi connectivity index (χ1) is 13.9. The lowest BCUT2D eigenvalue weighted by molar-refractivity contribution is 0.0993. The number of aryl methyl sites for hydroxylation is 1. The molecule has 0 bridgehead atoms. The molecular formula is C23H15F2NO3. The minimum absolute atomic E-state index is 0.220. The zero-order chi connectivity index (χ0) is 20.5. The van der Waals surface area contributed by atoms with Crippen LogP contribution >= 0.6 is 0 Å². The number of fused-ring (bicyclic) bond motifs is 1. The number of rotatable bonds is 3. The maximum absolute atomic E-state index is 14.0. The zero-order valence-corrected chi connectivity index (χ0v) is 15.3. The molecule has 4 nitrogen and oxygen atoms in total. The summed E-state index contributed by atoms with van der Waals surface area (Å²) < 4.78 is 32.5. The van der Waals surface area contributed by atoms with Gasteiger partial charge in [0.25, 0.3) is 5.91 Å². The van der Waals surface area contributed by atoms with Crippen LogP contribution in [0.15, 0.2) is 75.9 Å². The molecule has 1 amide bonds. The predicted octanol–water partition coefficient (Wildman–Crippen LogP) is 5.30. The third kappa shape index (κ3) is 3.52. The summed E-state index contributed by atoms with van der Waals surface area (Å²) in [6.45, 7) is 1.93. The number of halogens is 2. The molecule has 0 spiro atoms. The minimum atomic E-state index is -0.932. The fourth-order valence-corrected chi connectivity index (χ4v) is 3.14. The van der Waals surface area contributed by atoms with Gasteiger partial charge < -0.3 is 9.73 Å². The van der Waals surface area contributed by atoms with Crippen LogP contribution in [0.5, 0.6) is 0 Å². The van der Waals surface area contributed by atoms with E-state index in [1.54, 1.807) is 24.3 Å². The van der Waals surface area contributed by atoms with E-state index in [1.807, 2.05) is 31.2 Å². The van der Waals surface area contributed by atoms with Crippen molar-refractivity contribution in [3.8, 4) is 11.1 Å². The van der Waals surface area contributed by atoms with Crippen LogP contribution in [0.25, 0.3) is 21.9 Å². The van der Waals surface area contributed by atoms with Gasteiger partial charge in [0.05, 0.1) is 11.1 Å². The first kappa shape index (κ1) is 18.6. The van der Waals surface area contributed by atoms with Crippen molar-refractivity contribution >= 4 is 22.4 Å². The van der Waals surface area contributed by atoms with Gasteiger partial charge >= 0.3 is 5.63 Å². The quantitative estimate of drug-likeness (QED) is 0.516. The Morgan fingerprint density at radius 1 is 0.931 bits per heavy atom. The van der Waals surface area contributed by atoms with Crippen LogP contribution in [-0.2, 0) is 0 Å². The lowest BCUT2D eigenvalue weighted by Crippen LogP contribution is -2.17. The van der Waals surface area contributed by atoms with Gasteiger partial charge in [0.1, 0.15) is 11.6 Å². The molecular weight excluding hydrogens is 376 g/mol. The molecule has 1 aromatic heterocycles. The summed E-state index contributed by atoms with van der Waals surface area (Å²) in [5.41, 5.74) is 1.21. The molecule has 0 atom stereocenters. The van der Waals surface area contributed by atoms with Crippen LogP contribution < -0.4 is 10.9 Å². The number of benzene rings is 3. The van der Waals surface area contributed by atoms with Crippen LogP contribution in [0.3, 0.4) is 0 Å². The Bertz CT molecular complexity index is 1290. The Labute approximate surface area is 164 Å². The van der Waals surface area contributed by atoms with E-state index >= 15 is 0 Å².